The molecule has 0 heterocycles. The average Bonchev–Trinajstić information content (AvgIpc) is 2.83. The first-order valence-electron chi connectivity index (χ1n) is 12.1. The standard InChI is InChI=1S/C31H36O/c1-2-3-4-5-6-7-14-19-28-22-25-31(32)30(24-21-27-17-12-9-13-18-27)29(28)23-20-26-15-10-8-11-16-26/h8-13,15-18,20-25,32H,2-7,14,19H2,1H3. The van der Waals surface area contributed by atoms with Gasteiger partial charge in [0.2, 0.25) is 0 Å². The van der Waals surface area contributed by atoms with Crippen molar-refractivity contribution >= 4 is 24.3 Å². The van der Waals surface area contributed by atoms with Gasteiger partial charge in [0, 0.05) is 5.56 Å². The number of hydrogen-bond acceptors (Lipinski definition) is 1. The first kappa shape index (κ1) is 23.6. The van der Waals surface area contributed by atoms with E-state index in [1.54, 1.807) is 0 Å². The van der Waals surface area contributed by atoms with E-state index in [-0.39, 0.29) is 0 Å². The molecular weight excluding hydrogens is 388 g/mol. The smallest absolute Gasteiger partial charge is 0.123 e. The lowest BCUT2D eigenvalue weighted by molar-refractivity contribution is 0.473. The first-order valence-corrected chi connectivity index (χ1v) is 12.1. The molecule has 0 fully saturated rings. The number of hydrogen-bond donors (Lipinski definition) is 1. The number of aromatic hydroxyl groups is 1. The number of phenols is 1. The van der Waals surface area contributed by atoms with Crippen molar-refractivity contribution in [1.82, 2.24) is 0 Å². The molecule has 0 saturated heterocycles. The molecule has 0 saturated carbocycles. The molecule has 1 nitrogen and oxygen atoms in total. The molecule has 0 atom stereocenters. The van der Waals surface area contributed by atoms with Crippen LogP contribution in [0.2, 0.25) is 0 Å². The summed E-state index contributed by atoms with van der Waals surface area (Å²) in [5.74, 6) is 0.327. The van der Waals surface area contributed by atoms with E-state index in [4.69, 9.17) is 0 Å². The molecule has 0 radical (unpaired) electrons. The molecule has 1 N–H and O–H groups in total. The number of unbranched alkanes of at least 4 members (excludes halogenated alkanes) is 6. The van der Waals surface area contributed by atoms with Gasteiger partial charge in [0.15, 0.2) is 0 Å². The fourth-order valence-corrected chi connectivity index (χ4v) is 4.02. The van der Waals surface area contributed by atoms with Crippen LogP contribution in [0, 0.1) is 0 Å². The highest BCUT2D eigenvalue weighted by atomic mass is 16.3. The third kappa shape index (κ3) is 7.57. The maximum atomic E-state index is 10.7. The van der Waals surface area contributed by atoms with Crippen molar-refractivity contribution in [3.05, 3.63) is 101 Å². The minimum Gasteiger partial charge on any atom is -0.507 e. The molecule has 0 aliphatic heterocycles. The minimum absolute atomic E-state index is 0.327. The van der Waals surface area contributed by atoms with Crippen LogP contribution in [0.3, 0.4) is 0 Å². The van der Waals surface area contributed by atoms with Gasteiger partial charge in [-0.1, -0.05) is 136 Å². The van der Waals surface area contributed by atoms with Crippen molar-refractivity contribution in [3.63, 3.8) is 0 Å². The van der Waals surface area contributed by atoms with Crippen molar-refractivity contribution in [2.75, 3.05) is 0 Å². The van der Waals surface area contributed by atoms with E-state index in [0.29, 0.717) is 5.75 Å². The van der Waals surface area contributed by atoms with Crippen molar-refractivity contribution in [1.29, 1.82) is 0 Å². The van der Waals surface area contributed by atoms with Gasteiger partial charge in [0.05, 0.1) is 0 Å². The van der Waals surface area contributed by atoms with Crippen LogP contribution in [0.5, 0.6) is 5.75 Å². The van der Waals surface area contributed by atoms with E-state index in [1.165, 1.54) is 50.5 Å². The van der Waals surface area contributed by atoms with Crippen LogP contribution in [-0.4, -0.2) is 5.11 Å². The van der Waals surface area contributed by atoms with Crippen LogP contribution in [0.4, 0.5) is 0 Å². The lowest BCUT2D eigenvalue weighted by Gasteiger charge is -2.12. The summed E-state index contributed by atoms with van der Waals surface area (Å²) in [6, 6.07) is 24.5. The van der Waals surface area contributed by atoms with Gasteiger partial charge in [-0.25, -0.2) is 0 Å². The monoisotopic (exact) mass is 424 g/mol. The summed E-state index contributed by atoms with van der Waals surface area (Å²) in [7, 11) is 0. The van der Waals surface area contributed by atoms with E-state index < -0.39 is 0 Å². The van der Waals surface area contributed by atoms with Crippen molar-refractivity contribution in [2.24, 2.45) is 0 Å². The van der Waals surface area contributed by atoms with Gasteiger partial charge in [-0.3, -0.25) is 0 Å². The zero-order valence-corrected chi connectivity index (χ0v) is 19.3. The Morgan fingerprint density at radius 1 is 0.562 bits per heavy atom. The van der Waals surface area contributed by atoms with Crippen LogP contribution in [0.25, 0.3) is 24.3 Å². The Bertz CT molecular complexity index is 984. The molecule has 166 valence electrons. The highest BCUT2D eigenvalue weighted by Gasteiger charge is 2.09. The Hall–Kier alpha value is -3.06. The number of aryl methyl sites for hydroxylation is 1. The summed E-state index contributed by atoms with van der Waals surface area (Å²) in [4.78, 5) is 0. The van der Waals surface area contributed by atoms with Crippen LogP contribution in [0.1, 0.15) is 79.7 Å². The van der Waals surface area contributed by atoms with Crippen molar-refractivity contribution < 1.29 is 5.11 Å². The molecule has 0 spiro atoms. The van der Waals surface area contributed by atoms with Crippen LogP contribution in [0.15, 0.2) is 72.8 Å². The summed E-state index contributed by atoms with van der Waals surface area (Å²) in [5.41, 5.74) is 5.60. The largest absolute Gasteiger partial charge is 0.507 e. The highest BCUT2D eigenvalue weighted by Crippen LogP contribution is 2.30. The van der Waals surface area contributed by atoms with Crippen LogP contribution >= 0.6 is 0 Å². The molecule has 3 aromatic carbocycles. The fourth-order valence-electron chi connectivity index (χ4n) is 4.02. The molecule has 3 rings (SSSR count). The number of rotatable bonds is 12. The first-order chi connectivity index (χ1) is 15.8. The summed E-state index contributed by atoms with van der Waals surface area (Å²) in [6.07, 6.45) is 18.6. The molecule has 0 bridgehead atoms. The Kier molecular flexibility index (Phi) is 9.86. The van der Waals surface area contributed by atoms with E-state index in [1.807, 2.05) is 36.4 Å². The lowest BCUT2D eigenvalue weighted by Crippen LogP contribution is -1.94. The fraction of sp³-hybridized carbons (Fsp3) is 0.290. The number of benzene rings is 3. The molecule has 0 aliphatic carbocycles. The second kappa shape index (κ2) is 13.4. The number of phenolic OH excluding ortho intramolecular Hbond substituents is 1. The van der Waals surface area contributed by atoms with Gasteiger partial charge in [-0.2, -0.15) is 0 Å². The third-order valence-corrected chi connectivity index (χ3v) is 5.89. The summed E-state index contributed by atoms with van der Waals surface area (Å²) < 4.78 is 0. The predicted molar refractivity (Wildman–Crippen MR) is 141 cm³/mol. The van der Waals surface area contributed by atoms with E-state index in [2.05, 4.69) is 67.6 Å². The summed E-state index contributed by atoms with van der Waals surface area (Å²) in [6.45, 7) is 2.26. The van der Waals surface area contributed by atoms with Crippen molar-refractivity contribution in [3.8, 4) is 5.75 Å². The quantitative estimate of drug-likeness (QED) is 0.227. The molecule has 32 heavy (non-hydrogen) atoms. The van der Waals surface area contributed by atoms with Gasteiger partial charge in [0.25, 0.3) is 0 Å². The molecule has 0 aliphatic rings. The Balaban J connectivity index is 1.81. The highest BCUT2D eigenvalue weighted by molar-refractivity contribution is 5.83. The SMILES string of the molecule is CCCCCCCCCc1ccc(O)c(C=Cc2ccccc2)c1C=Cc1ccccc1. The Morgan fingerprint density at radius 2 is 1.09 bits per heavy atom. The Labute approximate surface area is 194 Å². The molecule has 0 amide bonds. The van der Waals surface area contributed by atoms with Crippen molar-refractivity contribution in [2.45, 2.75) is 58.3 Å². The van der Waals surface area contributed by atoms with E-state index in [0.717, 1.165) is 28.7 Å². The zero-order chi connectivity index (χ0) is 22.4. The average molecular weight is 425 g/mol. The zero-order valence-electron chi connectivity index (χ0n) is 19.3. The Morgan fingerprint density at radius 3 is 1.69 bits per heavy atom. The van der Waals surface area contributed by atoms with E-state index >= 15 is 0 Å². The minimum atomic E-state index is 0.327. The molecule has 3 aromatic rings. The van der Waals surface area contributed by atoms with Crippen LogP contribution in [-0.2, 0) is 6.42 Å². The second-order valence-electron chi connectivity index (χ2n) is 8.43. The molecule has 0 unspecified atom stereocenters. The predicted octanol–water partition coefficient (Wildman–Crippen LogP) is 9.03. The summed E-state index contributed by atoms with van der Waals surface area (Å²) >= 11 is 0. The van der Waals surface area contributed by atoms with Gasteiger partial charge >= 0.3 is 0 Å². The molecular formula is C31H36O. The maximum absolute atomic E-state index is 10.7. The van der Waals surface area contributed by atoms with Gasteiger partial charge in [-0.05, 0) is 41.2 Å². The van der Waals surface area contributed by atoms with Crippen LogP contribution < -0.4 is 0 Å². The second-order valence-corrected chi connectivity index (χ2v) is 8.43. The summed E-state index contributed by atoms with van der Waals surface area (Å²) in [5, 5.41) is 10.7. The van der Waals surface area contributed by atoms with Gasteiger partial charge in [-0.15, -0.1) is 0 Å². The maximum Gasteiger partial charge on any atom is 0.123 e. The lowest BCUT2D eigenvalue weighted by atomic mass is 9.94. The molecule has 1 heteroatoms. The third-order valence-electron chi connectivity index (χ3n) is 5.89. The van der Waals surface area contributed by atoms with Gasteiger partial charge < -0.3 is 5.11 Å². The van der Waals surface area contributed by atoms with E-state index in [9.17, 15) is 5.11 Å². The topological polar surface area (TPSA) is 20.2 Å². The normalized spacial score (nSPS) is 11.5. The molecule has 0 aromatic heterocycles. The van der Waals surface area contributed by atoms with Gasteiger partial charge in [0.1, 0.15) is 5.75 Å².